The number of methoxy groups -OCH3 is 1. The molecule has 180 valence electrons. The van der Waals surface area contributed by atoms with Gasteiger partial charge in [-0.2, -0.15) is 0 Å². The molecule has 0 spiro atoms. The minimum absolute atomic E-state index is 0.335. The van der Waals surface area contributed by atoms with Crippen LogP contribution in [0.1, 0.15) is 37.3 Å². The van der Waals surface area contributed by atoms with Crippen LogP contribution in [0.3, 0.4) is 0 Å². The smallest absolute Gasteiger partial charge is 0.248 e. The SMILES string of the molecule is CCC(C)c1ccc2oc(-c3ccc(Cl)c(NC(=O)C=Cc4cc(Br)cc(Br)c4OC)c3)nc2c1. The summed E-state index contributed by atoms with van der Waals surface area (Å²) < 4.78 is 13.0. The van der Waals surface area contributed by atoms with Crippen LogP contribution in [0.5, 0.6) is 5.75 Å². The van der Waals surface area contributed by atoms with E-state index in [0.29, 0.717) is 39.4 Å². The van der Waals surface area contributed by atoms with Gasteiger partial charge in [-0.3, -0.25) is 4.79 Å². The van der Waals surface area contributed by atoms with Crippen LogP contribution >= 0.6 is 43.5 Å². The molecule has 4 aromatic rings. The molecule has 0 fully saturated rings. The summed E-state index contributed by atoms with van der Waals surface area (Å²) in [6.07, 6.45) is 4.16. The summed E-state index contributed by atoms with van der Waals surface area (Å²) >= 11 is 13.3. The Kier molecular flexibility index (Phi) is 7.99. The molecule has 0 bridgehead atoms. The van der Waals surface area contributed by atoms with Crippen LogP contribution in [0, 0.1) is 0 Å². The number of rotatable bonds is 7. The number of ether oxygens (including phenoxy) is 1. The predicted octanol–water partition coefficient (Wildman–Crippen LogP) is 8.85. The van der Waals surface area contributed by atoms with Gasteiger partial charge in [0.15, 0.2) is 5.58 Å². The van der Waals surface area contributed by atoms with Gasteiger partial charge in [-0.15, -0.1) is 0 Å². The van der Waals surface area contributed by atoms with Gasteiger partial charge in [-0.25, -0.2) is 4.98 Å². The van der Waals surface area contributed by atoms with Gasteiger partial charge in [0, 0.05) is 21.7 Å². The first-order valence-corrected chi connectivity index (χ1v) is 13.0. The fraction of sp³-hybridized carbons (Fsp3) is 0.185. The van der Waals surface area contributed by atoms with Gasteiger partial charge in [0.1, 0.15) is 11.3 Å². The number of halogens is 3. The van der Waals surface area contributed by atoms with Crippen molar-refractivity contribution in [2.45, 2.75) is 26.2 Å². The lowest BCUT2D eigenvalue weighted by Crippen LogP contribution is -2.08. The maximum Gasteiger partial charge on any atom is 0.248 e. The first-order valence-electron chi connectivity index (χ1n) is 11.0. The Morgan fingerprint density at radius 3 is 2.74 bits per heavy atom. The van der Waals surface area contributed by atoms with E-state index in [0.717, 1.165) is 26.4 Å². The van der Waals surface area contributed by atoms with E-state index >= 15 is 0 Å². The highest BCUT2D eigenvalue weighted by molar-refractivity contribution is 9.11. The van der Waals surface area contributed by atoms with Gasteiger partial charge >= 0.3 is 0 Å². The van der Waals surface area contributed by atoms with Gasteiger partial charge in [-0.1, -0.05) is 47.4 Å². The second-order valence-electron chi connectivity index (χ2n) is 8.08. The first kappa shape index (κ1) is 25.5. The van der Waals surface area contributed by atoms with Crippen molar-refractivity contribution in [2.24, 2.45) is 0 Å². The highest BCUT2D eigenvalue weighted by Gasteiger charge is 2.14. The normalized spacial score (nSPS) is 12.3. The third kappa shape index (κ3) is 5.80. The Bertz CT molecular complexity index is 1430. The predicted molar refractivity (Wildman–Crippen MR) is 149 cm³/mol. The molecule has 1 unspecified atom stereocenters. The summed E-state index contributed by atoms with van der Waals surface area (Å²) in [4.78, 5) is 17.3. The zero-order valence-corrected chi connectivity index (χ0v) is 23.3. The Hall–Kier alpha value is -2.61. The molecular weight excluding hydrogens is 596 g/mol. The molecule has 0 aliphatic heterocycles. The molecule has 0 radical (unpaired) electrons. The van der Waals surface area contributed by atoms with E-state index in [1.165, 1.54) is 11.6 Å². The molecule has 1 N–H and O–H groups in total. The fourth-order valence-corrected chi connectivity index (χ4v) is 5.21. The van der Waals surface area contributed by atoms with Crippen molar-refractivity contribution in [3.05, 3.63) is 79.7 Å². The van der Waals surface area contributed by atoms with Crippen LogP contribution in [-0.2, 0) is 4.79 Å². The largest absolute Gasteiger partial charge is 0.495 e. The third-order valence-corrected chi connectivity index (χ3v) is 7.10. The van der Waals surface area contributed by atoms with E-state index < -0.39 is 0 Å². The van der Waals surface area contributed by atoms with Crippen molar-refractivity contribution in [3.63, 3.8) is 0 Å². The highest BCUT2D eigenvalue weighted by Crippen LogP contribution is 2.34. The monoisotopic (exact) mass is 616 g/mol. The van der Waals surface area contributed by atoms with E-state index in [4.69, 9.17) is 20.8 Å². The lowest BCUT2D eigenvalue weighted by molar-refractivity contribution is -0.111. The van der Waals surface area contributed by atoms with E-state index in [1.54, 1.807) is 25.3 Å². The molecule has 5 nitrogen and oxygen atoms in total. The topological polar surface area (TPSA) is 64.4 Å². The van der Waals surface area contributed by atoms with Gasteiger partial charge in [0.05, 0.1) is 22.3 Å². The zero-order chi connectivity index (χ0) is 25.1. The van der Waals surface area contributed by atoms with E-state index in [-0.39, 0.29) is 5.91 Å². The molecule has 1 amide bonds. The van der Waals surface area contributed by atoms with Gasteiger partial charge in [-0.05, 0) is 82.4 Å². The standard InChI is InChI=1S/C27H23Br2ClN2O3/c1-4-15(2)16-6-9-24-23(12-16)32-27(35-24)18-5-8-21(30)22(13-18)31-25(33)10-7-17-11-19(28)14-20(29)26(17)34-3/h5-15H,4H2,1-3H3,(H,31,33). The summed E-state index contributed by atoms with van der Waals surface area (Å²) in [5.41, 5.74) is 4.66. The number of carbonyl (C=O) groups excluding carboxylic acids is 1. The molecular formula is C27H23Br2ClN2O3. The summed E-state index contributed by atoms with van der Waals surface area (Å²) in [5.74, 6) is 1.21. The summed E-state index contributed by atoms with van der Waals surface area (Å²) in [6, 6.07) is 15.1. The minimum Gasteiger partial charge on any atom is -0.495 e. The maximum atomic E-state index is 12.7. The van der Waals surface area contributed by atoms with E-state index in [2.05, 4.69) is 68.1 Å². The number of benzene rings is 3. The lowest BCUT2D eigenvalue weighted by atomic mass is 9.98. The van der Waals surface area contributed by atoms with E-state index in [1.807, 2.05) is 24.3 Å². The number of fused-ring (bicyclic) bond motifs is 1. The van der Waals surface area contributed by atoms with Gasteiger partial charge in [0.25, 0.3) is 0 Å². The number of hydrogen-bond donors (Lipinski definition) is 1. The van der Waals surface area contributed by atoms with Crippen molar-refractivity contribution in [2.75, 3.05) is 12.4 Å². The fourth-order valence-electron chi connectivity index (χ4n) is 3.62. The number of carbonyl (C=O) groups is 1. The van der Waals surface area contributed by atoms with Crippen LogP contribution in [0.15, 0.2) is 68.0 Å². The Morgan fingerprint density at radius 1 is 1.20 bits per heavy atom. The lowest BCUT2D eigenvalue weighted by Gasteiger charge is -2.09. The Morgan fingerprint density at radius 2 is 2.00 bits per heavy atom. The maximum absolute atomic E-state index is 12.7. The molecule has 8 heteroatoms. The van der Waals surface area contributed by atoms with Gasteiger partial charge < -0.3 is 14.5 Å². The highest BCUT2D eigenvalue weighted by atomic mass is 79.9. The van der Waals surface area contributed by atoms with Crippen molar-refractivity contribution in [1.29, 1.82) is 0 Å². The molecule has 0 saturated carbocycles. The molecule has 0 saturated heterocycles. The molecule has 1 heterocycles. The van der Waals surface area contributed by atoms with Crippen LogP contribution < -0.4 is 10.1 Å². The number of amides is 1. The Balaban J connectivity index is 1.57. The summed E-state index contributed by atoms with van der Waals surface area (Å²) in [5, 5.41) is 3.24. The average molecular weight is 619 g/mol. The number of aromatic nitrogens is 1. The second-order valence-corrected chi connectivity index (χ2v) is 10.3. The molecule has 35 heavy (non-hydrogen) atoms. The van der Waals surface area contributed by atoms with Crippen LogP contribution in [-0.4, -0.2) is 18.0 Å². The molecule has 0 aliphatic carbocycles. The zero-order valence-electron chi connectivity index (χ0n) is 19.4. The first-order chi connectivity index (χ1) is 16.8. The number of anilines is 1. The quantitative estimate of drug-likeness (QED) is 0.210. The van der Waals surface area contributed by atoms with Crippen LogP contribution in [0.25, 0.3) is 28.6 Å². The molecule has 4 rings (SSSR count). The number of hydrogen-bond acceptors (Lipinski definition) is 4. The number of nitrogens with zero attached hydrogens (tertiary/aromatic N) is 1. The van der Waals surface area contributed by atoms with Crippen LogP contribution in [0.2, 0.25) is 5.02 Å². The van der Waals surface area contributed by atoms with Gasteiger partial charge in [0.2, 0.25) is 11.8 Å². The third-order valence-electron chi connectivity index (χ3n) is 5.72. The van der Waals surface area contributed by atoms with E-state index in [9.17, 15) is 4.79 Å². The second kappa shape index (κ2) is 11.0. The molecule has 1 atom stereocenters. The summed E-state index contributed by atoms with van der Waals surface area (Å²) in [6.45, 7) is 4.35. The van der Waals surface area contributed by atoms with Crippen LogP contribution in [0.4, 0.5) is 5.69 Å². The molecule has 0 aliphatic rings. The molecule has 1 aromatic heterocycles. The van der Waals surface area contributed by atoms with Crippen molar-refractivity contribution < 1.29 is 13.9 Å². The van der Waals surface area contributed by atoms with Crippen molar-refractivity contribution in [3.8, 4) is 17.2 Å². The van der Waals surface area contributed by atoms with Crippen molar-refractivity contribution >= 4 is 72.2 Å². The minimum atomic E-state index is -0.335. The van der Waals surface area contributed by atoms with Crippen molar-refractivity contribution in [1.82, 2.24) is 4.98 Å². The Labute approximate surface area is 225 Å². The average Bonchev–Trinajstić information content (AvgIpc) is 3.26. The number of nitrogens with one attached hydrogen (secondary N) is 1. The number of oxazole rings is 1. The molecule has 3 aromatic carbocycles. The summed E-state index contributed by atoms with van der Waals surface area (Å²) in [7, 11) is 1.58.